The summed E-state index contributed by atoms with van der Waals surface area (Å²) in [6.07, 6.45) is 5.58. The van der Waals surface area contributed by atoms with Crippen LogP contribution in [0.3, 0.4) is 0 Å². The smallest absolute Gasteiger partial charge is 0.305 e. The first-order chi connectivity index (χ1) is 22.7. The first-order valence-electron chi connectivity index (χ1n) is 17.1. The number of ether oxygens (including phenoxy) is 2. The average Bonchev–Trinajstić information content (AvgIpc) is 3.40. The molecule has 1 heterocycles. The van der Waals surface area contributed by atoms with Gasteiger partial charge in [0.05, 0.1) is 19.3 Å². The lowest BCUT2D eigenvalue weighted by Gasteiger charge is -2.36. The topological polar surface area (TPSA) is 82.1 Å². The van der Waals surface area contributed by atoms with Crippen LogP contribution in [0.25, 0.3) is 0 Å². The van der Waals surface area contributed by atoms with Crippen molar-refractivity contribution in [1.29, 1.82) is 0 Å². The van der Waals surface area contributed by atoms with E-state index in [1.165, 1.54) is 30.3 Å². The first kappa shape index (κ1) is 39.2. The minimum absolute atomic E-state index is 0.0169. The van der Waals surface area contributed by atoms with E-state index in [9.17, 15) is 14.4 Å². The van der Waals surface area contributed by atoms with Crippen molar-refractivity contribution in [2.45, 2.75) is 115 Å². The molecule has 0 spiro atoms. The summed E-state index contributed by atoms with van der Waals surface area (Å²) in [6.45, 7) is 13.4. The summed E-state index contributed by atoms with van der Waals surface area (Å²) < 4.78 is 48.6. The minimum Gasteiger partial charge on any atom is -0.466 e. The Balaban J connectivity index is 1.64. The maximum absolute atomic E-state index is 15.9. The number of ketones is 1. The molecule has 1 fully saturated rings. The van der Waals surface area contributed by atoms with Gasteiger partial charge in [0, 0.05) is 30.5 Å². The van der Waals surface area contributed by atoms with Gasteiger partial charge in [-0.25, -0.2) is 0 Å². The summed E-state index contributed by atoms with van der Waals surface area (Å²) in [5.74, 6) is -4.05. The summed E-state index contributed by atoms with van der Waals surface area (Å²) in [6, 6.07) is 14.1. The van der Waals surface area contributed by atoms with Crippen LogP contribution in [0.1, 0.15) is 94.1 Å². The Bertz CT molecular complexity index is 1360. The van der Waals surface area contributed by atoms with Crippen molar-refractivity contribution in [2.75, 3.05) is 19.8 Å². The predicted octanol–water partition coefficient (Wildman–Crippen LogP) is 8.63. The van der Waals surface area contributed by atoms with E-state index in [1.807, 2.05) is 12.1 Å². The number of alkyl halides is 2. The first-order valence-corrected chi connectivity index (χ1v) is 20.0. The second-order valence-electron chi connectivity index (χ2n) is 13.9. The van der Waals surface area contributed by atoms with Crippen LogP contribution in [0.5, 0.6) is 0 Å². The normalized spacial score (nSPS) is 16.5. The van der Waals surface area contributed by atoms with Gasteiger partial charge in [0.1, 0.15) is 12.7 Å². The number of carbonyl (C=O) groups excluding carboxylic acids is 3. The molecule has 0 radical (unpaired) electrons. The fourth-order valence-electron chi connectivity index (χ4n) is 5.24. The Kier molecular flexibility index (Phi) is 14.7. The Morgan fingerprint density at radius 2 is 1.67 bits per heavy atom. The van der Waals surface area contributed by atoms with Crippen molar-refractivity contribution in [3.05, 3.63) is 83.4 Å². The molecule has 0 bridgehead atoms. The zero-order chi connectivity index (χ0) is 35.4. The third-order valence-electron chi connectivity index (χ3n) is 9.31. The number of benzene rings is 2. The van der Waals surface area contributed by atoms with Crippen LogP contribution in [-0.2, 0) is 36.0 Å². The van der Waals surface area contributed by atoms with Gasteiger partial charge in [0.15, 0.2) is 14.1 Å². The maximum atomic E-state index is 15.9. The van der Waals surface area contributed by atoms with Crippen LogP contribution in [-0.4, -0.2) is 62.8 Å². The second-order valence-corrected chi connectivity index (χ2v) is 18.7. The number of hydrogen-bond donors (Lipinski definition) is 0. The van der Waals surface area contributed by atoms with Gasteiger partial charge >= 0.3 is 11.9 Å². The molecule has 2 aromatic rings. The summed E-state index contributed by atoms with van der Waals surface area (Å²) in [5, 5.41) is 0.0754. The number of nitrogens with zero attached hydrogens (tertiary/aromatic N) is 1. The predicted molar refractivity (Wildman–Crippen MR) is 186 cm³/mol. The highest BCUT2D eigenvalue weighted by atomic mass is 28.4. The lowest BCUT2D eigenvalue weighted by Crippen LogP contribution is -2.40. The number of likely N-dealkylation sites (tertiary alicyclic amines) is 1. The Morgan fingerprint density at radius 3 is 2.31 bits per heavy atom. The van der Waals surface area contributed by atoms with Gasteiger partial charge in [-0.1, -0.05) is 100 Å². The number of hydrogen-bond acceptors (Lipinski definition) is 6. The van der Waals surface area contributed by atoms with E-state index in [2.05, 4.69) is 33.9 Å². The largest absolute Gasteiger partial charge is 0.466 e. The zero-order valence-electron chi connectivity index (χ0n) is 29.4. The Hall–Kier alpha value is -3.21. The lowest BCUT2D eigenvalue weighted by molar-refractivity contribution is -0.143. The number of amides is 1. The fourth-order valence-corrected chi connectivity index (χ4v) is 6.20. The Labute approximate surface area is 286 Å². The molecule has 2 atom stereocenters. The van der Waals surface area contributed by atoms with Gasteiger partial charge < -0.3 is 18.8 Å². The molecule has 3 rings (SSSR count). The molecular weight excluding hydrogens is 633 g/mol. The molecule has 0 aliphatic carbocycles. The third-order valence-corrected chi connectivity index (χ3v) is 13.8. The number of halogens is 2. The number of esters is 1. The lowest BCUT2D eigenvalue weighted by atomic mass is 10.0. The van der Waals surface area contributed by atoms with E-state index in [1.54, 1.807) is 36.1 Å². The summed E-state index contributed by atoms with van der Waals surface area (Å²) in [4.78, 5) is 39.0. The quantitative estimate of drug-likeness (QED) is 0.0484. The number of Topliss-reactive ketones (excluding diaryl/α,β-unsaturated/α-hetero) is 1. The van der Waals surface area contributed by atoms with E-state index >= 15 is 8.78 Å². The number of carbonyl (C=O) groups is 3. The van der Waals surface area contributed by atoms with Gasteiger partial charge in [-0.2, -0.15) is 8.78 Å². The maximum Gasteiger partial charge on any atom is 0.305 e. The zero-order valence-corrected chi connectivity index (χ0v) is 30.4. The highest BCUT2D eigenvalue weighted by molar-refractivity contribution is 6.74. The van der Waals surface area contributed by atoms with Crippen molar-refractivity contribution < 1.29 is 37.1 Å². The van der Waals surface area contributed by atoms with Crippen LogP contribution in [0.15, 0.2) is 66.7 Å². The van der Waals surface area contributed by atoms with Gasteiger partial charge in [-0.05, 0) is 49.9 Å². The molecule has 1 aliphatic heterocycles. The summed E-state index contributed by atoms with van der Waals surface area (Å²) >= 11 is 0. The minimum atomic E-state index is -3.42. The molecule has 0 aromatic heterocycles. The third kappa shape index (κ3) is 11.4. The number of rotatable bonds is 19. The van der Waals surface area contributed by atoms with Crippen LogP contribution in [0.4, 0.5) is 8.78 Å². The van der Waals surface area contributed by atoms with Crippen LogP contribution in [0, 0.1) is 0 Å². The van der Waals surface area contributed by atoms with Crippen molar-refractivity contribution >= 4 is 26.0 Å². The van der Waals surface area contributed by atoms with E-state index in [-0.39, 0.29) is 28.5 Å². The van der Waals surface area contributed by atoms with Crippen LogP contribution < -0.4 is 0 Å². The highest BCUT2D eigenvalue weighted by Crippen LogP contribution is 2.37. The van der Waals surface area contributed by atoms with E-state index in [0.717, 1.165) is 31.2 Å². The van der Waals surface area contributed by atoms with E-state index in [0.29, 0.717) is 44.6 Å². The molecule has 0 saturated carbocycles. The monoisotopic (exact) mass is 685 g/mol. The van der Waals surface area contributed by atoms with Gasteiger partial charge in [-0.15, -0.1) is 0 Å². The van der Waals surface area contributed by atoms with Gasteiger partial charge in [0.25, 0.3) is 0 Å². The molecule has 264 valence electrons. The van der Waals surface area contributed by atoms with E-state index < -0.39 is 32.7 Å². The molecule has 2 unspecified atom stereocenters. The highest BCUT2D eigenvalue weighted by Gasteiger charge is 2.42. The molecule has 0 N–H and O–H groups in total. The average molecular weight is 686 g/mol. The van der Waals surface area contributed by atoms with Crippen LogP contribution >= 0.6 is 0 Å². The fraction of sp³-hybridized carbons (Fsp3) is 0.553. The van der Waals surface area contributed by atoms with Crippen molar-refractivity contribution in [3.8, 4) is 0 Å². The molecule has 1 aliphatic rings. The summed E-state index contributed by atoms with van der Waals surface area (Å²) in [7, 11) is -1.94. The Morgan fingerprint density at radius 1 is 1.00 bits per heavy atom. The molecule has 1 amide bonds. The second kappa shape index (κ2) is 18.0. The molecule has 10 heteroatoms. The van der Waals surface area contributed by atoms with Crippen molar-refractivity contribution in [2.24, 2.45) is 0 Å². The van der Waals surface area contributed by atoms with Crippen LogP contribution in [0.2, 0.25) is 18.1 Å². The molecule has 48 heavy (non-hydrogen) atoms. The molecule has 7 nitrogen and oxygen atoms in total. The number of unbranched alkanes of at least 4 members (excludes halogenated alkanes) is 3. The SMILES string of the molecule is CCOC(=O)CCCCCCN1C(=O)CCC1C=CC(OCC(=O)c1ccc(CO[Si](C)(C)C(C)(C)C)cc1)C(F)(F)c1ccccc1. The van der Waals surface area contributed by atoms with Crippen molar-refractivity contribution in [3.63, 3.8) is 0 Å². The van der Waals surface area contributed by atoms with Crippen molar-refractivity contribution in [1.82, 2.24) is 4.90 Å². The van der Waals surface area contributed by atoms with E-state index in [4.69, 9.17) is 13.9 Å². The molecular formula is C38H53F2NO6Si. The van der Waals surface area contributed by atoms with Gasteiger partial charge in [0.2, 0.25) is 5.91 Å². The molecule has 1 saturated heterocycles. The standard InChI is InChI=1S/C38H53F2NO6Si/c1-7-45-36(44)17-13-8-9-14-26-41-32(23-25-35(41)43)22-24-34(38(39,40)31-15-11-10-12-16-31)46-28-33(42)30-20-18-29(19-21-30)27-47-48(5,6)37(2,3)4/h10-12,15-16,18-22,24,32,34H,7-9,13-14,17,23,25-28H2,1-6H3. The summed E-state index contributed by atoms with van der Waals surface area (Å²) in [5.41, 5.74) is 1.08. The van der Waals surface area contributed by atoms with Gasteiger partial charge in [-0.3, -0.25) is 14.4 Å². The molecule has 2 aromatic carbocycles.